The number of esters is 1. The fourth-order valence-corrected chi connectivity index (χ4v) is 3.44. The molecule has 1 aromatic rings. The summed E-state index contributed by atoms with van der Waals surface area (Å²) in [5.74, 6) is 0.831. The van der Waals surface area contributed by atoms with Crippen molar-refractivity contribution in [2.45, 2.75) is 37.1 Å². The zero-order valence-electron chi connectivity index (χ0n) is 12.2. The normalized spacial score (nSPS) is 12.0. The van der Waals surface area contributed by atoms with Gasteiger partial charge in [0, 0.05) is 22.5 Å². The molecule has 1 rings (SSSR count). The third-order valence-corrected chi connectivity index (χ3v) is 5.23. The maximum Gasteiger partial charge on any atom is 0.306 e. The van der Waals surface area contributed by atoms with E-state index in [1.807, 2.05) is 6.92 Å². The topological polar surface area (TPSA) is 81.2 Å². The minimum absolute atomic E-state index is 0.0355. The Morgan fingerprint density at radius 1 is 1.48 bits per heavy atom. The van der Waals surface area contributed by atoms with E-state index in [-0.39, 0.29) is 22.9 Å². The van der Waals surface area contributed by atoms with Gasteiger partial charge < -0.3 is 4.74 Å². The molecule has 1 heterocycles. The van der Waals surface area contributed by atoms with Gasteiger partial charge in [0.1, 0.15) is 0 Å². The third kappa shape index (κ3) is 7.68. The number of aromatic nitrogens is 2. The van der Waals surface area contributed by atoms with Gasteiger partial charge >= 0.3 is 5.97 Å². The highest BCUT2D eigenvalue weighted by atomic mass is 32.2. The number of ether oxygens (including phenoxy) is 1. The number of nitrogens with zero attached hydrogens (tertiary/aromatic N) is 2. The number of carbonyl (C=O) groups excluding carboxylic acids is 2. The number of anilines is 1. The van der Waals surface area contributed by atoms with Crippen LogP contribution in [-0.2, 0) is 14.3 Å². The monoisotopic (exact) mass is 349 g/mol. The Bertz CT molecular complexity index is 468. The van der Waals surface area contributed by atoms with Crippen LogP contribution >= 0.6 is 35.1 Å². The minimum atomic E-state index is -0.267. The van der Waals surface area contributed by atoms with Crippen LogP contribution in [0.1, 0.15) is 26.7 Å². The molecule has 0 spiro atoms. The van der Waals surface area contributed by atoms with E-state index in [1.165, 1.54) is 30.4 Å². The summed E-state index contributed by atoms with van der Waals surface area (Å²) in [6.45, 7) is 3.98. The van der Waals surface area contributed by atoms with Crippen molar-refractivity contribution in [1.82, 2.24) is 9.36 Å². The molecular formula is C12H19N3O3S3. The maximum atomic E-state index is 11.8. The summed E-state index contributed by atoms with van der Waals surface area (Å²) in [4.78, 5) is 27.1. The van der Waals surface area contributed by atoms with Crippen LogP contribution in [0.25, 0.3) is 0 Å². The molecule has 0 saturated carbocycles. The highest BCUT2D eigenvalue weighted by Crippen LogP contribution is 2.21. The lowest BCUT2D eigenvalue weighted by molar-refractivity contribution is -0.140. The summed E-state index contributed by atoms with van der Waals surface area (Å²) in [6.07, 6.45) is 1.35. The first-order chi connectivity index (χ1) is 10.0. The summed E-state index contributed by atoms with van der Waals surface area (Å²) in [7, 11) is 1.36. The number of thioether (sulfide) groups is 2. The van der Waals surface area contributed by atoms with Gasteiger partial charge in [-0.15, -0.1) is 11.8 Å². The van der Waals surface area contributed by atoms with Crippen molar-refractivity contribution < 1.29 is 14.3 Å². The van der Waals surface area contributed by atoms with E-state index in [2.05, 4.69) is 26.3 Å². The molecule has 1 unspecified atom stereocenters. The smallest absolute Gasteiger partial charge is 0.306 e. The van der Waals surface area contributed by atoms with Gasteiger partial charge in [-0.3, -0.25) is 14.9 Å². The van der Waals surface area contributed by atoms with Crippen molar-refractivity contribution in [3.8, 4) is 0 Å². The van der Waals surface area contributed by atoms with Gasteiger partial charge in [-0.25, -0.2) is 0 Å². The molecule has 0 aromatic carbocycles. The zero-order valence-corrected chi connectivity index (χ0v) is 14.7. The van der Waals surface area contributed by atoms with Crippen LogP contribution in [0.2, 0.25) is 0 Å². The average molecular weight is 350 g/mol. The quantitative estimate of drug-likeness (QED) is 0.542. The summed E-state index contributed by atoms with van der Waals surface area (Å²) >= 11 is 4.16. The van der Waals surface area contributed by atoms with Gasteiger partial charge in [0.2, 0.25) is 16.2 Å². The molecule has 1 N–H and O–H groups in total. The van der Waals surface area contributed by atoms with Crippen molar-refractivity contribution in [2.24, 2.45) is 0 Å². The molecule has 0 fully saturated rings. The van der Waals surface area contributed by atoms with Crippen molar-refractivity contribution in [2.75, 3.05) is 23.9 Å². The van der Waals surface area contributed by atoms with Crippen molar-refractivity contribution in [3.05, 3.63) is 0 Å². The van der Waals surface area contributed by atoms with Crippen LogP contribution in [0.3, 0.4) is 0 Å². The lowest BCUT2D eigenvalue weighted by Gasteiger charge is -2.08. The second-order valence-electron chi connectivity index (χ2n) is 4.18. The molecule has 0 aliphatic carbocycles. The van der Waals surface area contributed by atoms with E-state index in [1.54, 1.807) is 11.8 Å². The number of nitrogens with one attached hydrogen (secondary N) is 1. The summed E-state index contributed by atoms with van der Waals surface area (Å²) in [6, 6.07) is 0. The predicted octanol–water partition coefficient (Wildman–Crippen LogP) is 2.66. The van der Waals surface area contributed by atoms with E-state index in [0.717, 1.165) is 12.2 Å². The third-order valence-electron chi connectivity index (χ3n) is 2.27. The molecule has 0 aliphatic heterocycles. The fourth-order valence-electron chi connectivity index (χ4n) is 1.26. The molecule has 9 heteroatoms. The molecule has 1 aromatic heterocycles. The maximum absolute atomic E-state index is 11.8. The molecule has 118 valence electrons. The second kappa shape index (κ2) is 10.0. The Labute approximate surface area is 137 Å². The summed E-state index contributed by atoms with van der Waals surface area (Å²) < 4.78 is 8.75. The molecule has 1 atom stereocenters. The van der Waals surface area contributed by atoms with Crippen LogP contribution in [0.5, 0.6) is 0 Å². The molecule has 0 aliphatic rings. The second-order valence-corrected chi connectivity index (χ2v) is 7.42. The molecule has 6 nitrogen and oxygen atoms in total. The van der Waals surface area contributed by atoms with Crippen LogP contribution in [0.15, 0.2) is 5.16 Å². The lowest BCUT2D eigenvalue weighted by atomic mass is 10.3. The van der Waals surface area contributed by atoms with Gasteiger partial charge in [-0.2, -0.15) is 9.36 Å². The van der Waals surface area contributed by atoms with Gasteiger partial charge in [-0.1, -0.05) is 25.6 Å². The largest absolute Gasteiger partial charge is 0.469 e. The number of rotatable bonds is 9. The molecule has 0 saturated heterocycles. The summed E-state index contributed by atoms with van der Waals surface area (Å²) in [5, 5.41) is 3.96. The predicted molar refractivity (Wildman–Crippen MR) is 88.1 cm³/mol. The SMILES string of the molecule is CCCSc1nsc(NC(=O)CSC(C)CC(=O)OC)n1. The molecule has 1 amide bonds. The molecular weight excluding hydrogens is 330 g/mol. The zero-order chi connectivity index (χ0) is 15.7. The van der Waals surface area contributed by atoms with E-state index >= 15 is 0 Å². The van der Waals surface area contributed by atoms with Crippen LogP contribution in [0, 0.1) is 0 Å². The Hall–Kier alpha value is -0.800. The first kappa shape index (κ1) is 18.2. The Morgan fingerprint density at radius 3 is 2.90 bits per heavy atom. The van der Waals surface area contributed by atoms with Crippen molar-refractivity contribution in [3.63, 3.8) is 0 Å². The molecule has 21 heavy (non-hydrogen) atoms. The van der Waals surface area contributed by atoms with E-state index in [9.17, 15) is 9.59 Å². The number of carbonyl (C=O) groups is 2. The Balaban J connectivity index is 2.30. The van der Waals surface area contributed by atoms with E-state index in [0.29, 0.717) is 16.7 Å². The number of methoxy groups -OCH3 is 1. The van der Waals surface area contributed by atoms with Gasteiger partial charge in [0.25, 0.3) is 0 Å². The van der Waals surface area contributed by atoms with Crippen molar-refractivity contribution >= 4 is 52.1 Å². The fraction of sp³-hybridized carbons (Fsp3) is 0.667. The standard InChI is InChI=1S/C12H19N3O3S3/c1-4-5-19-12-14-11(21-15-12)13-9(16)7-20-8(2)6-10(17)18-3/h8H,4-7H2,1-3H3,(H,13,14,15,16). The highest BCUT2D eigenvalue weighted by Gasteiger charge is 2.13. The number of hydrogen-bond donors (Lipinski definition) is 1. The average Bonchev–Trinajstić information content (AvgIpc) is 2.90. The van der Waals surface area contributed by atoms with Gasteiger partial charge in [0.15, 0.2) is 0 Å². The first-order valence-corrected chi connectivity index (χ1v) is 9.30. The number of amides is 1. The lowest BCUT2D eigenvalue weighted by Crippen LogP contribution is -2.17. The Morgan fingerprint density at radius 2 is 2.24 bits per heavy atom. The van der Waals surface area contributed by atoms with Crippen molar-refractivity contribution in [1.29, 1.82) is 0 Å². The van der Waals surface area contributed by atoms with Crippen LogP contribution < -0.4 is 5.32 Å². The number of hydrogen-bond acceptors (Lipinski definition) is 8. The van der Waals surface area contributed by atoms with E-state index < -0.39 is 0 Å². The minimum Gasteiger partial charge on any atom is -0.469 e. The first-order valence-electron chi connectivity index (χ1n) is 6.50. The molecule has 0 radical (unpaired) electrons. The molecule has 0 bridgehead atoms. The van der Waals surface area contributed by atoms with Gasteiger partial charge in [0.05, 0.1) is 19.3 Å². The van der Waals surface area contributed by atoms with Crippen LogP contribution in [0.4, 0.5) is 5.13 Å². The Kier molecular flexibility index (Phi) is 8.70. The summed E-state index contributed by atoms with van der Waals surface area (Å²) in [5.41, 5.74) is 0. The van der Waals surface area contributed by atoms with Crippen LogP contribution in [-0.4, -0.2) is 45.1 Å². The van der Waals surface area contributed by atoms with E-state index in [4.69, 9.17) is 0 Å². The highest BCUT2D eigenvalue weighted by molar-refractivity contribution is 8.00. The van der Waals surface area contributed by atoms with Gasteiger partial charge in [-0.05, 0) is 6.42 Å².